The normalized spacial score (nSPS) is 21.2. The minimum atomic E-state index is -0.413. The number of para-hydroxylation sites is 1. The molecule has 0 saturated carbocycles. The molecule has 1 heterocycles. The number of hydrogen-bond donors (Lipinski definition) is 3. The van der Waals surface area contributed by atoms with Gasteiger partial charge in [-0.05, 0) is 18.9 Å². The monoisotopic (exact) mass is 294 g/mol. The zero-order valence-electron chi connectivity index (χ0n) is 12.0. The molecule has 4 N–H and O–H groups in total. The Morgan fingerprint density at radius 2 is 2.24 bits per heavy atom. The zero-order chi connectivity index (χ0) is 15.1. The van der Waals surface area contributed by atoms with Gasteiger partial charge >= 0.3 is 0 Å². The molecule has 1 saturated heterocycles. The second kappa shape index (κ2) is 7.97. The van der Waals surface area contributed by atoms with E-state index in [1.165, 1.54) is 0 Å². The number of nitrogens with two attached hydrogens (primary N) is 1. The highest BCUT2D eigenvalue weighted by Gasteiger charge is 2.29. The summed E-state index contributed by atoms with van der Waals surface area (Å²) in [6.45, 7) is 1.00. The van der Waals surface area contributed by atoms with Gasteiger partial charge in [0.05, 0.1) is 12.7 Å². The lowest BCUT2D eigenvalue weighted by Crippen LogP contribution is -2.35. The van der Waals surface area contributed by atoms with Crippen molar-refractivity contribution in [2.75, 3.05) is 19.8 Å². The minimum absolute atomic E-state index is 0.0130. The summed E-state index contributed by atoms with van der Waals surface area (Å²) in [6, 6.07) is 7.42. The van der Waals surface area contributed by atoms with Crippen molar-refractivity contribution < 1.29 is 19.4 Å². The van der Waals surface area contributed by atoms with Crippen LogP contribution in [-0.4, -0.2) is 43.0 Å². The highest BCUT2D eigenvalue weighted by atomic mass is 16.5. The zero-order valence-corrected chi connectivity index (χ0v) is 12.0. The number of carbonyl (C=O) groups is 1. The maximum Gasteiger partial charge on any atom is 0.249 e. The van der Waals surface area contributed by atoms with Crippen molar-refractivity contribution in [3.05, 3.63) is 29.8 Å². The van der Waals surface area contributed by atoms with Crippen molar-refractivity contribution in [2.45, 2.75) is 31.6 Å². The van der Waals surface area contributed by atoms with E-state index in [1.807, 2.05) is 24.3 Å². The maximum absolute atomic E-state index is 12.0. The fourth-order valence-electron chi connectivity index (χ4n) is 2.31. The molecule has 1 amide bonds. The molecule has 0 bridgehead atoms. The second-order valence-electron chi connectivity index (χ2n) is 4.96. The Morgan fingerprint density at radius 1 is 1.43 bits per heavy atom. The molecule has 0 aromatic heterocycles. The van der Waals surface area contributed by atoms with Crippen molar-refractivity contribution in [1.82, 2.24) is 5.32 Å². The first-order valence-electron chi connectivity index (χ1n) is 7.19. The molecule has 0 spiro atoms. The average Bonchev–Trinajstić information content (AvgIpc) is 3.00. The van der Waals surface area contributed by atoms with Gasteiger partial charge in [0.25, 0.3) is 0 Å². The highest BCUT2D eigenvalue weighted by molar-refractivity contribution is 5.81. The van der Waals surface area contributed by atoms with Crippen molar-refractivity contribution in [1.29, 1.82) is 0 Å². The van der Waals surface area contributed by atoms with Crippen LogP contribution in [0.15, 0.2) is 24.3 Å². The molecule has 6 heteroatoms. The fourth-order valence-corrected chi connectivity index (χ4v) is 2.31. The first-order valence-corrected chi connectivity index (χ1v) is 7.19. The Morgan fingerprint density at radius 3 is 2.95 bits per heavy atom. The Labute approximate surface area is 124 Å². The van der Waals surface area contributed by atoms with Gasteiger partial charge in [0.2, 0.25) is 5.91 Å². The van der Waals surface area contributed by atoms with Gasteiger partial charge in [-0.1, -0.05) is 18.2 Å². The topological polar surface area (TPSA) is 93.8 Å². The third-order valence-electron chi connectivity index (χ3n) is 3.44. The molecule has 0 unspecified atom stereocenters. The first-order chi connectivity index (χ1) is 10.2. The van der Waals surface area contributed by atoms with Crippen LogP contribution in [0, 0.1) is 0 Å². The van der Waals surface area contributed by atoms with Gasteiger partial charge in [0, 0.05) is 18.7 Å². The lowest BCUT2D eigenvalue weighted by Gasteiger charge is -2.14. The van der Waals surface area contributed by atoms with Gasteiger partial charge in [0.1, 0.15) is 18.5 Å². The molecule has 1 aliphatic heterocycles. The first kappa shape index (κ1) is 15.8. The quantitative estimate of drug-likeness (QED) is 0.667. The van der Waals surface area contributed by atoms with Crippen molar-refractivity contribution in [3.8, 4) is 5.75 Å². The smallest absolute Gasteiger partial charge is 0.249 e. The number of hydrogen-bond acceptors (Lipinski definition) is 5. The number of aliphatic hydroxyl groups excluding tert-OH is 1. The van der Waals surface area contributed by atoms with E-state index in [-0.39, 0.29) is 25.2 Å². The van der Waals surface area contributed by atoms with E-state index in [2.05, 4.69) is 5.32 Å². The summed E-state index contributed by atoms with van der Waals surface area (Å²) in [7, 11) is 0. The molecular formula is C15H22N2O4. The van der Waals surface area contributed by atoms with Gasteiger partial charge in [-0.2, -0.15) is 0 Å². The summed E-state index contributed by atoms with van der Waals surface area (Å²) in [6.07, 6.45) is 1.10. The number of carbonyl (C=O) groups excluding carboxylic acids is 1. The van der Waals surface area contributed by atoms with E-state index in [1.54, 1.807) is 0 Å². The fraction of sp³-hybridized carbons (Fsp3) is 0.533. The third-order valence-corrected chi connectivity index (χ3v) is 3.44. The van der Waals surface area contributed by atoms with E-state index in [9.17, 15) is 4.79 Å². The molecule has 1 aromatic rings. The largest absolute Gasteiger partial charge is 0.491 e. The Balaban J connectivity index is 1.86. The number of rotatable bonds is 7. The van der Waals surface area contributed by atoms with E-state index >= 15 is 0 Å². The van der Waals surface area contributed by atoms with Gasteiger partial charge < -0.3 is 25.6 Å². The van der Waals surface area contributed by atoms with Crippen LogP contribution in [0.2, 0.25) is 0 Å². The Kier molecular flexibility index (Phi) is 5.98. The summed E-state index contributed by atoms with van der Waals surface area (Å²) < 4.78 is 11.0. The Hall–Kier alpha value is -1.63. The van der Waals surface area contributed by atoms with Crippen LogP contribution in [0.1, 0.15) is 18.4 Å². The van der Waals surface area contributed by atoms with Gasteiger partial charge in [-0.15, -0.1) is 0 Å². The van der Waals surface area contributed by atoms with E-state index < -0.39 is 6.10 Å². The molecule has 2 rings (SSSR count). The van der Waals surface area contributed by atoms with Crippen molar-refractivity contribution in [3.63, 3.8) is 0 Å². The van der Waals surface area contributed by atoms with E-state index in [0.29, 0.717) is 25.3 Å². The van der Waals surface area contributed by atoms with Gasteiger partial charge in [-0.25, -0.2) is 0 Å². The number of benzene rings is 1. The Bertz CT molecular complexity index is 467. The predicted octanol–water partition coefficient (Wildman–Crippen LogP) is 0.180. The third kappa shape index (κ3) is 4.42. The van der Waals surface area contributed by atoms with Crippen LogP contribution in [0.4, 0.5) is 0 Å². The summed E-state index contributed by atoms with van der Waals surface area (Å²) in [5, 5.41) is 11.7. The summed E-state index contributed by atoms with van der Waals surface area (Å²) in [5.74, 6) is 0.543. The molecule has 2 atom stereocenters. The molecule has 1 fully saturated rings. The molecule has 116 valence electrons. The molecule has 0 radical (unpaired) electrons. The van der Waals surface area contributed by atoms with Crippen LogP contribution in [0.3, 0.4) is 0 Å². The summed E-state index contributed by atoms with van der Waals surface area (Å²) in [4.78, 5) is 12.0. The van der Waals surface area contributed by atoms with Crippen molar-refractivity contribution >= 4 is 5.91 Å². The molecule has 6 nitrogen and oxygen atoms in total. The summed E-state index contributed by atoms with van der Waals surface area (Å²) >= 11 is 0. The van der Waals surface area contributed by atoms with Crippen molar-refractivity contribution in [2.24, 2.45) is 5.73 Å². The van der Waals surface area contributed by atoms with E-state index in [4.69, 9.17) is 20.3 Å². The molecule has 21 heavy (non-hydrogen) atoms. The van der Waals surface area contributed by atoms with Crippen LogP contribution in [0.25, 0.3) is 0 Å². The SMILES string of the molecule is NC[C@H]1CC[C@@H](C(=O)NCc2ccccc2OCCO)O1. The molecule has 1 aliphatic rings. The highest BCUT2D eigenvalue weighted by Crippen LogP contribution is 2.20. The number of amides is 1. The molecular weight excluding hydrogens is 272 g/mol. The van der Waals surface area contributed by atoms with Gasteiger partial charge in [0.15, 0.2) is 0 Å². The van der Waals surface area contributed by atoms with Gasteiger partial charge in [-0.3, -0.25) is 4.79 Å². The molecule has 0 aliphatic carbocycles. The molecule has 1 aromatic carbocycles. The lowest BCUT2D eigenvalue weighted by molar-refractivity contribution is -0.132. The minimum Gasteiger partial charge on any atom is -0.491 e. The predicted molar refractivity (Wildman–Crippen MR) is 77.8 cm³/mol. The van der Waals surface area contributed by atoms with Crippen LogP contribution >= 0.6 is 0 Å². The number of ether oxygens (including phenoxy) is 2. The summed E-state index contributed by atoms with van der Waals surface area (Å²) in [5.41, 5.74) is 6.40. The van der Waals surface area contributed by atoms with Crippen LogP contribution < -0.4 is 15.8 Å². The lowest BCUT2D eigenvalue weighted by atomic mass is 10.1. The number of nitrogens with one attached hydrogen (secondary N) is 1. The number of aliphatic hydroxyl groups is 1. The maximum atomic E-state index is 12.0. The van der Waals surface area contributed by atoms with Crippen LogP contribution in [-0.2, 0) is 16.1 Å². The standard InChI is InChI=1S/C15H22N2O4/c16-9-12-5-6-14(21-12)15(19)17-10-11-3-1-2-4-13(11)20-8-7-18/h1-4,12,14,18H,5-10,16H2,(H,17,19)/t12-,14+/m1/s1. The average molecular weight is 294 g/mol. The van der Waals surface area contributed by atoms with Crippen LogP contribution in [0.5, 0.6) is 5.75 Å². The van der Waals surface area contributed by atoms with E-state index in [0.717, 1.165) is 12.0 Å². The second-order valence-corrected chi connectivity index (χ2v) is 4.96.